The molecule has 3 rings (SSSR count). The van der Waals surface area contributed by atoms with E-state index in [0.717, 1.165) is 44.8 Å². The first-order valence-corrected chi connectivity index (χ1v) is 9.50. The SMILES string of the molecule is Cc1ccc(C2CC(=O)C(=CNCCN3CCN(C)CC3)C(=O)C2)cc1. The summed E-state index contributed by atoms with van der Waals surface area (Å²) >= 11 is 0. The first-order chi connectivity index (χ1) is 12.5. The molecule has 1 aliphatic carbocycles. The summed E-state index contributed by atoms with van der Waals surface area (Å²) in [6, 6.07) is 8.14. The molecule has 0 amide bonds. The number of piperazine rings is 1. The number of benzene rings is 1. The van der Waals surface area contributed by atoms with Crippen LogP contribution in [0.5, 0.6) is 0 Å². The van der Waals surface area contributed by atoms with Crippen molar-refractivity contribution < 1.29 is 9.59 Å². The predicted octanol–water partition coefficient (Wildman–Crippen LogP) is 1.73. The summed E-state index contributed by atoms with van der Waals surface area (Å²) < 4.78 is 0. The molecule has 2 aliphatic rings. The Morgan fingerprint density at radius 3 is 2.27 bits per heavy atom. The van der Waals surface area contributed by atoms with E-state index in [-0.39, 0.29) is 17.5 Å². The van der Waals surface area contributed by atoms with Crippen LogP contribution in [0.2, 0.25) is 0 Å². The molecule has 1 saturated carbocycles. The number of hydrogen-bond donors (Lipinski definition) is 1. The highest BCUT2D eigenvalue weighted by atomic mass is 16.1. The fourth-order valence-electron chi connectivity index (χ4n) is 3.60. The summed E-state index contributed by atoms with van der Waals surface area (Å²) in [5, 5.41) is 3.18. The van der Waals surface area contributed by atoms with E-state index in [1.54, 1.807) is 6.20 Å². The summed E-state index contributed by atoms with van der Waals surface area (Å²) in [7, 11) is 2.14. The number of nitrogens with one attached hydrogen (secondary N) is 1. The minimum Gasteiger partial charge on any atom is -0.389 e. The number of rotatable bonds is 5. The van der Waals surface area contributed by atoms with Gasteiger partial charge in [-0.3, -0.25) is 14.5 Å². The highest BCUT2D eigenvalue weighted by molar-refractivity contribution is 6.22. The standard InChI is InChI=1S/C21H29N3O2/c1-16-3-5-17(6-4-16)18-13-20(25)19(21(26)14-18)15-22-7-8-24-11-9-23(2)10-12-24/h3-6,15,18,22H,7-14H2,1-2H3. The number of hydrogen-bond acceptors (Lipinski definition) is 5. The zero-order chi connectivity index (χ0) is 18.5. The van der Waals surface area contributed by atoms with Crippen molar-refractivity contribution in [2.24, 2.45) is 0 Å². The molecule has 5 nitrogen and oxygen atoms in total. The van der Waals surface area contributed by atoms with Crippen molar-refractivity contribution in [1.29, 1.82) is 0 Å². The Balaban J connectivity index is 1.50. The average Bonchev–Trinajstić information content (AvgIpc) is 2.62. The van der Waals surface area contributed by atoms with Crippen LogP contribution in [0.1, 0.15) is 29.9 Å². The van der Waals surface area contributed by atoms with Crippen molar-refractivity contribution in [1.82, 2.24) is 15.1 Å². The first-order valence-electron chi connectivity index (χ1n) is 9.50. The quantitative estimate of drug-likeness (QED) is 0.495. The Hall–Kier alpha value is -1.98. The van der Waals surface area contributed by atoms with Gasteiger partial charge in [0, 0.05) is 58.3 Å². The van der Waals surface area contributed by atoms with Gasteiger partial charge in [0.25, 0.3) is 0 Å². The van der Waals surface area contributed by atoms with E-state index in [9.17, 15) is 9.59 Å². The highest BCUT2D eigenvalue weighted by Gasteiger charge is 2.31. The van der Waals surface area contributed by atoms with E-state index in [1.807, 2.05) is 31.2 Å². The number of likely N-dealkylation sites (N-methyl/N-ethyl adjacent to an activating group) is 1. The van der Waals surface area contributed by atoms with Gasteiger partial charge in [0.15, 0.2) is 11.6 Å². The number of aryl methyl sites for hydroxylation is 1. The van der Waals surface area contributed by atoms with Crippen LogP contribution in [0.4, 0.5) is 0 Å². The van der Waals surface area contributed by atoms with Crippen LogP contribution in [-0.4, -0.2) is 67.7 Å². The van der Waals surface area contributed by atoms with E-state index in [4.69, 9.17) is 0 Å². The predicted molar refractivity (Wildman–Crippen MR) is 103 cm³/mol. The van der Waals surface area contributed by atoms with E-state index in [0.29, 0.717) is 18.4 Å². The highest BCUT2D eigenvalue weighted by Crippen LogP contribution is 2.31. The van der Waals surface area contributed by atoms with Crippen molar-refractivity contribution >= 4 is 11.6 Å². The summed E-state index contributed by atoms with van der Waals surface area (Å²) in [4.78, 5) is 29.6. The minimum atomic E-state index is -0.0427. The van der Waals surface area contributed by atoms with Crippen LogP contribution in [-0.2, 0) is 9.59 Å². The van der Waals surface area contributed by atoms with Crippen LogP contribution in [0.25, 0.3) is 0 Å². The third-order valence-corrected chi connectivity index (χ3v) is 5.43. The number of Topliss-reactive ketones (excluding diaryl/α,β-unsaturated/α-hetero) is 2. The van der Waals surface area contributed by atoms with Crippen molar-refractivity contribution in [3.63, 3.8) is 0 Å². The van der Waals surface area contributed by atoms with Crippen molar-refractivity contribution in [2.45, 2.75) is 25.7 Å². The van der Waals surface area contributed by atoms with Gasteiger partial charge in [0.2, 0.25) is 0 Å². The molecule has 5 heteroatoms. The van der Waals surface area contributed by atoms with Gasteiger partial charge >= 0.3 is 0 Å². The monoisotopic (exact) mass is 355 g/mol. The lowest BCUT2D eigenvalue weighted by molar-refractivity contribution is -0.124. The van der Waals surface area contributed by atoms with E-state index < -0.39 is 0 Å². The second kappa shape index (κ2) is 8.60. The molecule has 1 aromatic carbocycles. The maximum Gasteiger partial charge on any atom is 0.168 e. The Bertz CT molecular complexity index is 653. The van der Waals surface area contributed by atoms with Gasteiger partial charge in [0.1, 0.15) is 0 Å². The average molecular weight is 355 g/mol. The van der Waals surface area contributed by atoms with Crippen molar-refractivity contribution in [3.8, 4) is 0 Å². The number of allylic oxidation sites excluding steroid dienone is 1. The van der Waals surface area contributed by atoms with Gasteiger partial charge in [-0.05, 0) is 25.5 Å². The molecule has 1 saturated heterocycles. The lowest BCUT2D eigenvalue weighted by Gasteiger charge is -2.32. The molecule has 0 unspecified atom stereocenters. The van der Waals surface area contributed by atoms with Gasteiger partial charge in [-0.2, -0.15) is 0 Å². The lowest BCUT2D eigenvalue weighted by atomic mass is 9.80. The molecule has 1 aromatic rings. The van der Waals surface area contributed by atoms with E-state index in [2.05, 4.69) is 22.2 Å². The molecular weight excluding hydrogens is 326 g/mol. The molecular formula is C21H29N3O2. The van der Waals surface area contributed by atoms with E-state index >= 15 is 0 Å². The number of carbonyl (C=O) groups excluding carboxylic acids is 2. The molecule has 0 radical (unpaired) electrons. The summed E-state index contributed by atoms with van der Waals surface area (Å²) in [5.41, 5.74) is 2.61. The molecule has 140 valence electrons. The third-order valence-electron chi connectivity index (χ3n) is 5.43. The number of ketones is 2. The Morgan fingerprint density at radius 1 is 1.04 bits per heavy atom. The van der Waals surface area contributed by atoms with Gasteiger partial charge in [-0.15, -0.1) is 0 Å². The number of nitrogens with zero attached hydrogens (tertiary/aromatic N) is 2. The molecule has 0 atom stereocenters. The van der Waals surface area contributed by atoms with Crippen LogP contribution >= 0.6 is 0 Å². The topological polar surface area (TPSA) is 52.7 Å². The number of carbonyl (C=O) groups is 2. The van der Waals surface area contributed by atoms with Crippen LogP contribution in [0, 0.1) is 6.92 Å². The molecule has 2 fully saturated rings. The third kappa shape index (κ3) is 4.80. The zero-order valence-corrected chi connectivity index (χ0v) is 15.8. The summed E-state index contributed by atoms with van der Waals surface area (Å²) in [5.74, 6) is -0.0732. The van der Waals surface area contributed by atoms with Crippen LogP contribution < -0.4 is 5.32 Å². The van der Waals surface area contributed by atoms with Crippen LogP contribution in [0.3, 0.4) is 0 Å². The van der Waals surface area contributed by atoms with Crippen molar-refractivity contribution in [3.05, 3.63) is 47.2 Å². The molecule has 26 heavy (non-hydrogen) atoms. The maximum atomic E-state index is 12.4. The Morgan fingerprint density at radius 2 is 1.65 bits per heavy atom. The van der Waals surface area contributed by atoms with Gasteiger partial charge in [0.05, 0.1) is 5.57 Å². The second-order valence-electron chi connectivity index (χ2n) is 7.52. The summed E-state index contributed by atoms with van der Waals surface area (Å²) in [6.45, 7) is 8.07. The zero-order valence-electron chi connectivity index (χ0n) is 15.8. The van der Waals surface area contributed by atoms with E-state index in [1.165, 1.54) is 5.56 Å². The first kappa shape index (κ1) is 18.8. The molecule has 0 spiro atoms. The fourth-order valence-corrected chi connectivity index (χ4v) is 3.60. The van der Waals surface area contributed by atoms with Gasteiger partial charge in [-0.25, -0.2) is 0 Å². The van der Waals surface area contributed by atoms with Gasteiger partial charge < -0.3 is 10.2 Å². The normalized spacial score (nSPS) is 22.5. The molecule has 1 N–H and O–H groups in total. The van der Waals surface area contributed by atoms with Crippen molar-refractivity contribution in [2.75, 3.05) is 46.3 Å². The Labute approximate surface area is 156 Å². The second-order valence-corrected chi connectivity index (χ2v) is 7.52. The molecule has 0 bridgehead atoms. The van der Waals surface area contributed by atoms with Crippen LogP contribution in [0.15, 0.2) is 36.0 Å². The van der Waals surface area contributed by atoms with Gasteiger partial charge in [-0.1, -0.05) is 29.8 Å². The lowest BCUT2D eigenvalue weighted by Crippen LogP contribution is -2.46. The molecule has 1 aliphatic heterocycles. The Kier molecular flexibility index (Phi) is 6.22. The largest absolute Gasteiger partial charge is 0.389 e. The smallest absolute Gasteiger partial charge is 0.168 e. The minimum absolute atomic E-state index is 0.0121. The fraction of sp³-hybridized carbons (Fsp3) is 0.524. The maximum absolute atomic E-state index is 12.4. The summed E-state index contributed by atoms with van der Waals surface area (Å²) in [6.07, 6.45) is 2.48. The molecule has 0 aromatic heterocycles. The molecule has 1 heterocycles.